The first-order valence-corrected chi connectivity index (χ1v) is 6.58. The van der Waals surface area contributed by atoms with Gasteiger partial charge in [-0.2, -0.15) is 5.10 Å². The summed E-state index contributed by atoms with van der Waals surface area (Å²) in [7, 11) is 1.85. The fraction of sp³-hybridized carbons (Fsp3) is 0.308. The third kappa shape index (κ3) is 2.79. The molecule has 1 aromatic heterocycles. The van der Waals surface area contributed by atoms with Crippen LogP contribution in [0.25, 0.3) is 0 Å². The Kier molecular flexibility index (Phi) is 4.14. The van der Waals surface area contributed by atoms with Crippen LogP contribution >= 0.6 is 15.9 Å². The number of nitrogens with one attached hydrogen (secondary N) is 1. The topological polar surface area (TPSA) is 29.9 Å². The van der Waals surface area contributed by atoms with Crippen LogP contribution in [-0.2, 0) is 7.05 Å². The molecular weight excluding hydrogens is 297 g/mol. The van der Waals surface area contributed by atoms with Gasteiger partial charge in [-0.15, -0.1) is 0 Å². The van der Waals surface area contributed by atoms with E-state index in [1.165, 1.54) is 6.07 Å². The molecule has 1 aromatic carbocycles. The molecule has 0 amide bonds. The Hall–Kier alpha value is -1.20. The largest absolute Gasteiger partial charge is 0.306 e. The molecule has 1 unspecified atom stereocenters. The monoisotopic (exact) mass is 311 g/mol. The van der Waals surface area contributed by atoms with Crippen LogP contribution in [0.1, 0.15) is 24.1 Å². The second-order valence-electron chi connectivity index (χ2n) is 4.10. The highest BCUT2D eigenvalue weighted by Gasteiger charge is 2.18. The van der Waals surface area contributed by atoms with E-state index in [-0.39, 0.29) is 11.9 Å². The Morgan fingerprint density at radius 2 is 2.28 bits per heavy atom. The summed E-state index contributed by atoms with van der Waals surface area (Å²) >= 11 is 3.38. The Morgan fingerprint density at radius 1 is 1.50 bits per heavy atom. The minimum absolute atomic E-state index is 0.179. The lowest BCUT2D eigenvalue weighted by Crippen LogP contribution is -2.22. The zero-order valence-electron chi connectivity index (χ0n) is 10.3. The second kappa shape index (κ2) is 5.63. The molecule has 1 atom stereocenters. The van der Waals surface area contributed by atoms with E-state index in [9.17, 15) is 4.39 Å². The van der Waals surface area contributed by atoms with Gasteiger partial charge >= 0.3 is 0 Å². The van der Waals surface area contributed by atoms with Crippen molar-refractivity contribution in [2.45, 2.75) is 13.0 Å². The van der Waals surface area contributed by atoms with Crippen molar-refractivity contribution < 1.29 is 4.39 Å². The van der Waals surface area contributed by atoms with E-state index >= 15 is 0 Å². The van der Waals surface area contributed by atoms with Crippen molar-refractivity contribution in [2.75, 3.05) is 6.54 Å². The summed E-state index contributed by atoms with van der Waals surface area (Å²) in [5, 5.41) is 7.42. The maximum Gasteiger partial charge on any atom is 0.128 e. The van der Waals surface area contributed by atoms with Gasteiger partial charge < -0.3 is 5.32 Å². The smallest absolute Gasteiger partial charge is 0.128 e. The maximum atomic E-state index is 13.9. The number of halogens is 2. The molecule has 0 saturated carbocycles. The van der Waals surface area contributed by atoms with Crippen LogP contribution in [0.3, 0.4) is 0 Å². The summed E-state index contributed by atoms with van der Waals surface area (Å²) < 4.78 is 16.5. The van der Waals surface area contributed by atoms with Gasteiger partial charge in [0.15, 0.2) is 0 Å². The Bertz CT molecular complexity index is 539. The first kappa shape index (κ1) is 13.2. The van der Waals surface area contributed by atoms with E-state index < -0.39 is 0 Å². The van der Waals surface area contributed by atoms with Crippen molar-refractivity contribution in [3.05, 3.63) is 52.0 Å². The maximum absolute atomic E-state index is 13.9. The minimum Gasteiger partial charge on any atom is -0.306 e. The van der Waals surface area contributed by atoms with Crippen molar-refractivity contribution in [2.24, 2.45) is 7.05 Å². The number of benzene rings is 1. The summed E-state index contributed by atoms with van der Waals surface area (Å²) in [4.78, 5) is 0. The fourth-order valence-corrected chi connectivity index (χ4v) is 2.32. The summed E-state index contributed by atoms with van der Waals surface area (Å²) in [6.07, 6.45) is 3.65. The van der Waals surface area contributed by atoms with Crippen molar-refractivity contribution in [1.82, 2.24) is 15.1 Å². The quantitative estimate of drug-likeness (QED) is 0.940. The van der Waals surface area contributed by atoms with Crippen LogP contribution in [0.5, 0.6) is 0 Å². The summed E-state index contributed by atoms with van der Waals surface area (Å²) in [5.41, 5.74) is 1.58. The highest BCUT2D eigenvalue weighted by Crippen LogP contribution is 2.26. The van der Waals surface area contributed by atoms with Crippen LogP contribution < -0.4 is 5.32 Å². The molecule has 0 bridgehead atoms. The molecule has 18 heavy (non-hydrogen) atoms. The molecule has 1 heterocycles. The van der Waals surface area contributed by atoms with E-state index in [4.69, 9.17) is 0 Å². The minimum atomic E-state index is -0.215. The molecule has 96 valence electrons. The summed E-state index contributed by atoms with van der Waals surface area (Å²) in [6, 6.07) is 4.79. The molecular formula is C13H15BrFN3. The van der Waals surface area contributed by atoms with E-state index in [1.807, 2.05) is 20.2 Å². The van der Waals surface area contributed by atoms with Crippen molar-refractivity contribution in [3.63, 3.8) is 0 Å². The molecule has 2 aromatic rings. The van der Waals surface area contributed by atoms with Gasteiger partial charge in [0.2, 0.25) is 0 Å². The van der Waals surface area contributed by atoms with Gasteiger partial charge in [0.25, 0.3) is 0 Å². The third-order valence-electron chi connectivity index (χ3n) is 2.74. The molecule has 0 fully saturated rings. The summed E-state index contributed by atoms with van der Waals surface area (Å²) in [5.74, 6) is -0.215. The molecule has 0 saturated heterocycles. The van der Waals surface area contributed by atoms with Gasteiger partial charge in [-0.05, 0) is 24.7 Å². The van der Waals surface area contributed by atoms with Crippen LogP contribution in [0.2, 0.25) is 0 Å². The van der Waals surface area contributed by atoms with Crippen molar-refractivity contribution in [1.29, 1.82) is 0 Å². The van der Waals surface area contributed by atoms with Crippen LogP contribution in [-0.4, -0.2) is 16.3 Å². The van der Waals surface area contributed by atoms with Crippen LogP contribution in [0, 0.1) is 5.82 Å². The first-order chi connectivity index (χ1) is 8.61. The molecule has 3 nitrogen and oxygen atoms in total. The average molecular weight is 312 g/mol. The Labute approximate surface area is 114 Å². The zero-order chi connectivity index (χ0) is 13.1. The van der Waals surface area contributed by atoms with Crippen molar-refractivity contribution >= 4 is 15.9 Å². The number of hydrogen-bond donors (Lipinski definition) is 1. The molecule has 0 spiro atoms. The average Bonchev–Trinajstić information content (AvgIpc) is 2.76. The zero-order valence-corrected chi connectivity index (χ0v) is 11.9. The van der Waals surface area contributed by atoms with Gasteiger partial charge in [-0.1, -0.05) is 22.9 Å². The van der Waals surface area contributed by atoms with Crippen LogP contribution in [0.4, 0.5) is 4.39 Å². The predicted molar refractivity (Wildman–Crippen MR) is 72.8 cm³/mol. The lowest BCUT2D eigenvalue weighted by atomic mass is 10.0. The standard InChI is InChI=1S/C13H15BrFN3/c1-3-16-13(9-7-17-18(2)8-9)11-6-10(14)4-5-12(11)15/h4-8,13,16H,3H2,1-2H3. The molecule has 5 heteroatoms. The SMILES string of the molecule is CCNC(c1cnn(C)c1)c1cc(Br)ccc1F. The van der Waals surface area contributed by atoms with E-state index in [1.54, 1.807) is 23.0 Å². The highest BCUT2D eigenvalue weighted by molar-refractivity contribution is 9.10. The van der Waals surface area contributed by atoms with Gasteiger partial charge in [-0.25, -0.2) is 4.39 Å². The van der Waals surface area contributed by atoms with Gasteiger partial charge in [0.1, 0.15) is 5.82 Å². The van der Waals surface area contributed by atoms with E-state index in [0.717, 1.165) is 16.6 Å². The number of rotatable bonds is 4. The molecule has 0 aliphatic carbocycles. The Balaban J connectivity index is 2.44. The third-order valence-corrected chi connectivity index (χ3v) is 3.23. The lowest BCUT2D eigenvalue weighted by Gasteiger charge is -2.17. The van der Waals surface area contributed by atoms with E-state index in [2.05, 4.69) is 26.3 Å². The number of aryl methyl sites for hydroxylation is 1. The molecule has 0 radical (unpaired) electrons. The lowest BCUT2D eigenvalue weighted by molar-refractivity contribution is 0.558. The van der Waals surface area contributed by atoms with Gasteiger partial charge in [0.05, 0.1) is 12.2 Å². The normalized spacial score (nSPS) is 12.7. The number of nitrogens with zero attached hydrogens (tertiary/aromatic N) is 2. The molecule has 0 aliphatic rings. The first-order valence-electron chi connectivity index (χ1n) is 5.78. The number of hydrogen-bond acceptors (Lipinski definition) is 2. The molecule has 0 aliphatic heterocycles. The predicted octanol–water partition coefficient (Wildman–Crippen LogP) is 3.02. The molecule has 1 N–H and O–H groups in total. The Morgan fingerprint density at radius 3 is 2.89 bits per heavy atom. The van der Waals surface area contributed by atoms with Gasteiger partial charge in [0, 0.05) is 28.8 Å². The molecule has 2 rings (SSSR count). The number of aromatic nitrogens is 2. The summed E-state index contributed by atoms with van der Waals surface area (Å²) in [6.45, 7) is 2.75. The second-order valence-corrected chi connectivity index (χ2v) is 5.02. The van der Waals surface area contributed by atoms with E-state index in [0.29, 0.717) is 5.56 Å². The fourth-order valence-electron chi connectivity index (χ4n) is 1.94. The van der Waals surface area contributed by atoms with Crippen molar-refractivity contribution in [3.8, 4) is 0 Å². The highest BCUT2D eigenvalue weighted by atomic mass is 79.9. The van der Waals surface area contributed by atoms with Gasteiger partial charge in [-0.3, -0.25) is 4.68 Å². The van der Waals surface area contributed by atoms with Crippen LogP contribution in [0.15, 0.2) is 35.1 Å².